The topological polar surface area (TPSA) is 63.4 Å². The van der Waals surface area contributed by atoms with E-state index in [1.807, 2.05) is 6.92 Å². The van der Waals surface area contributed by atoms with Gasteiger partial charge in [-0.3, -0.25) is 0 Å². The van der Waals surface area contributed by atoms with Crippen molar-refractivity contribution in [2.24, 2.45) is 0 Å². The molecule has 1 aromatic heterocycles. The van der Waals surface area contributed by atoms with Crippen LogP contribution >= 0.6 is 0 Å². The fourth-order valence-electron chi connectivity index (χ4n) is 3.01. The highest BCUT2D eigenvalue weighted by Gasteiger charge is 2.40. The van der Waals surface area contributed by atoms with Crippen LogP contribution in [0.4, 0.5) is 4.39 Å². The Hall–Kier alpha value is -1.73. The molecule has 0 spiro atoms. The Bertz CT molecular complexity index is 801. The van der Waals surface area contributed by atoms with Crippen molar-refractivity contribution < 1.29 is 17.3 Å². The number of aromatic nitrogens is 1. The van der Waals surface area contributed by atoms with Crippen LogP contribution in [0.3, 0.4) is 0 Å². The number of hydrogen-bond acceptors (Lipinski definition) is 4. The lowest BCUT2D eigenvalue weighted by atomic mass is 9.82. The van der Waals surface area contributed by atoms with Gasteiger partial charge in [0.25, 0.3) is 0 Å². The van der Waals surface area contributed by atoms with Crippen LogP contribution in [0.5, 0.6) is 0 Å². The zero-order valence-corrected chi connectivity index (χ0v) is 13.9. The second-order valence-electron chi connectivity index (χ2n) is 6.34. The van der Waals surface area contributed by atoms with E-state index < -0.39 is 10.0 Å². The predicted molar refractivity (Wildman–Crippen MR) is 83.8 cm³/mol. The van der Waals surface area contributed by atoms with Crippen LogP contribution in [0.1, 0.15) is 30.4 Å². The Labute approximate surface area is 135 Å². The van der Waals surface area contributed by atoms with E-state index in [1.54, 1.807) is 25.1 Å². The molecule has 1 saturated heterocycles. The molecule has 1 aliphatic rings. The average Bonchev–Trinajstić information content (AvgIpc) is 3.07. The maximum Gasteiger partial charge on any atom is 0.220 e. The molecule has 0 amide bonds. The van der Waals surface area contributed by atoms with Crippen LogP contribution in [-0.4, -0.2) is 31.0 Å². The Morgan fingerprint density at radius 1 is 1.35 bits per heavy atom. The summed E-state index contributed by atoms with van der Waals surface area (Å²) < 4.78 is 44.6. The quantitative estimate of drug-likeness (QED) is 0.860. The highest BCUT2D eigenvalue weighted by atomic mass is 32.2. The third kappa shape index (κ3) is 3.30. The second-order valence-corrected chi connectivity index (χ2v) is 8.31. The second kappa shape index (κ2) is 5.72. The summed E-state index contributed by atoms with van der Waals surface area (Å²) in [6, 6.07) is 7.91. The van der Waals surface area contributed by atoms with Crippen molar-refractivity contribution in [2.45, 2.75) is 31.4 Å². The molecule has 1 aliphatic heterocycles. The maximum absolute atomic E-state index is 13.1. The summed E-state index contributed by atoms with van der Waals surface area (Å²) in [5, 5.41) is 3.75. The Morgan fingerprint density at radius 2 is 2.04 bits per heavy atom. The highest BCUT2D eigenvalue weighted by Crippen LogP contribution is 2.36. The summed E-state index contributed by atoms with van der Waals surface area (Å²) in [5.41, 5.74) is 1.06. The Kier molecular flexibility index (Phi) is 4.01. The number of nitrogens with zero attached hydrogens (tertiary/aromatic N) is 2. The minimum atomic E-state index is -3.45. The molecule has 1 fully saturated rings. The smallest absolute Gasteiger partial charge is 0.220 e. The van der Waals surface area contributed by atoms with Crippen LogP contribution in [-0.2, 0) is 21.2 Å². The van der Waals surface area contributed by atoms with E-state index >= 15 is 0 Å². The van der Waals surface area contributed by atoms with E-state index in [0.29, 0.717) is 31.0 Å². The minimum absolute atomic E-state index is 0.163. The van der Waals surface area contributed by atoms with Crippen LogP contribution in [0.25, 0.3) is 0 Å². The molecule has 0 aliphatic carbocycles. The zero-order chi connectivity index (χ0) is 16.7. The van der Waals surface area contributed by atoms with Crippen LogP contribution in [0, 0.1) is 12.7 Å². The molecule has 1 aromatic carbocycles. The fraction of sp³-hybridized carbons (Fsp3) is 0.438. The molecule has 0 saturated carbocycles. The normalized spacial score (nSPS) is 22.6. The summed E-state index contributed by atoms with van der Waals surface area (Å²) in [6.07, 6.45) is 0.704. The first kappa shape index (κ1) is 16.1. The van der Waals surface area contributed by atoms with Crippen molar-refractivity contribution in [1.82, 2.24) is 9.46 Å². The molecule has 2 heterocycles. The molecular weight excluding hydrogens is 319 g/mol. The number of benzene rings is 1. The van der Waals surface area contributed by atoms with Gasteiger partial charge >= 0.3 is 0 Å². The lowest BCUT2D eigenvalue weighted by molar-refractivity contribution is 0.391. The van der Waals surface area contributed by atoms with E-state index in [9.17, 15) is 12.8 Å². The van der Waals surface area contributed by atoms with Gasteiger partial charge in [0.1, 0.15) is 23.0 Å². The maximum atomic E-state index is 13.1. The standard InChI is InChI=1S/C16H19FN2O3S/c1-12-9-15(18-22-12)10-23(20,21)19-8-7-16(2,11-19)13-3-5-14(17)6-4-13/h3-6,9H,7-8,10-11H2,1-2H3/t16-/m1/s1. The van der Waals surface area contributed by atoms with Crippen molar-refractivity contribution in [3.63, 3.8) is 0 Å². The first-order chi connectivity index (χ1) is 10.8. The molecule has 0 unspecified atom stereocenters. The van der Waals surface area contributed by atoms with Gasteiger partial charge in [-0.15, -0.1) is 0 Å². The fourth-order valence-corrected chi connectivity index (χ4v) is 4.55. The molecule has 5 nitrogen and oxygen atoms in total. The summed E-state index contributed by atoms with van der Waals surface area (Å²) in [6.45, 7) is 4.57. The number of rotatable bonds is 4. The summed E-state index contributed by atoms with van der Waals surface area (Å²) in [4.78, 5) is 0. The molecule has 7 heteroatoms. The summed E-state index contributed by atoms with van der Waals surface area (Å²) in [5.74, 6) is 0.137. The monoisotopic (exact) mass is 338 g/mol. The number of sulfonamides is 1. The van der Waals surface area contributed by atoms with Gasteiger partial charge < -0.3 is 4.52 Å². The highest BCUT2D eigenvalue weighted by molar-refractivity contribution is 7.88. The van der Waals surface area contributed by atoms with E-state index in [1.165, 1.54) is 16.4 Å². The van der Waals surface area contributed by atoms with E-state index in [4.69, 9.17) is 4.52 Å². The van der Waals surface area contributed by atoms with Crippen LogP contribution < -0.4 is 0 Å². The lowest BCUT2D eigenvalue weighted by Gasteiger charge is -2.25. The molecule has 1 atom stereocenters. The Balaban J connectivity index is 1.77. The van der Waals surface area contributed by atoms with Gasteiger partial charge in [-0.2, -0.15) is 0 Å². The first-order valence-electron chi connectivity index (χ1n) is 7.45. The van der Waals surface area contributed by atoms with Crippen molar-refractivity contribution in [2.75, 3.05) is 13.1 Å². The molecule has 23 heavy (non-hydrogen) atoms. The molecule has 0 N–H and O–H groups in total. The van der Waals surface area contributed by atoms with Gasteiger partial charge in [-0.05, 0) is 31.0 Å². The number of aryl methyl sites for hydroxylation is 1. The van der Waals surface area contributed by atoms with Crippen molar-refractivity contribution in [3.8, 4) is 0 Å². The number of hydrogen-bond donors (Lipinski definition) is 0. The van der Waals surface area contributed by atoms with Gasteiger partial charge in [0.05, 0.1) is 0 Å². The third-order valence-electron chi connectivity index (χ3n) is 4.38. The van der Waals surface area contributed by atoms with Crippen LogP contribution in [0.2, 0.25) is 0 Å². The minimum Gasteiger partial charge on any atom is -0.361 e. The number of halogens is 1. The van der Waals surface area contributed by atoms with Gasteiger partial charge in [0.15, 0.2) is 0 Å². The van der Waals surface area contributed by atoms with E-state index in [2.05, 4.69) is 5.16 Å². The first-order valence-corrected chi connectivity index (χ1v) is 9.05. The molecule has 124 valence electrons. The van der Waals surface area contributed by atoms with E-state index in [-0.39, 0.29) is 17.0 Å². The lowest BCUT2D eigenvalue weighted by Crippen LogP contribution is -2.33. The third-order valence-corrected chi connectivity index (χ3v) is 6.14. The van der Waals surface area contributed by atoms with E-state index in [0.717, 1.165) is 5.56 Å². The molecular formula is C16H19FN2O3S. The van der Waals surface area contributed by atoms with Crippen molar-refractivity contribution in [1.29, 1.82) is 0 Å². The SMILES string of the molecule is Cc1cc(CS(=O)(=O)N2CC[C@@](C)(c3ccc(F)cc3)C2)no1. The molecule has 2 aromatic rings. The summed E-state index contributed by atoms with van der Waals surface area (Å²) >= 11 is 0. The Morgan fingerprint density at radius 3 is 2.65 bits per heavy atom. The largest absolute Gasteiger partial charge is 0.361 e. The zero-order valence-electron chi connectivity index (χ0n) is 13.1. The average molecular weight is 338 g/mol. The predicted octanol–water partition coefficient (Wildman–Crippen LogP) is 2.62. The van der Waals surface area contributed by atoms with Crippen LogP contribution in [0.15, 0.2) is 34.9 Å². The molecule has 0 bridgehead atoms. The van der Waals surface area contributed by atoms with Crippen molar-refractivity contribution >= 4 is 10.0 Å². The molecule has 0 radical (unpaired) electrons. The van der Waals surface area contributed by atoms with Gasteiger partial charge in [0.2, 0.25) is 10.0 Å². The summed E-state index contributed by atoms with van der Waals surface area (Å²) in [7, 11) is -3.45. The van der Waals surface area contributed by atoms with Gasteiger partial charge in [-0.1, -0.05) is 24.2 Å². The van der Waals surface area contributed by atoms with Crippen molar-refractivity contribution in [3.05, 3.63) is 53.2 Å². The van der Waals surface area contributed by atoms with Gasteiger partial charge in [0, 0.05) is 24.6 Å². The van der Waals surface area contributed by atoms with Gasteiger partial charge in [-0.25, -0.2) is 17.1 Å². The molecule has 3 rings (SSSR count).